The average Bonchev–Trinajstić information content (AvgIpc) is 3.19. The van der Waals surface area contributed by atoms with E-state index in [0.717, 1.165) is 10.9 Å². The largest absolute Gasteiger partial charge is 0.467 e. The number of H-pyrrole nitrogens is 1. The molecule has 0 radical (unpaired) electrons. The van der Waals surface area contributed by atoms with Gasteiger partial charge in [0.15, 0.2) is 6.61 Å². The molecular formula is C16H14N2O4. The minimum atomic E-state index is -0.565. The zero-order chi connectivity index (χ0) is 15.4. The third-order valence-electron chi connectivity index (χ3n) is 3.12. The van der Waals surface area contributed by atoms with Gasteiger partial charge < -0.3 is 19.5 Å². The van der Waals surface area contributed by atoms with Crippen LogP contribution in [0.3, 0.4) is 0 Å². The molecule has 3 rings (SSSR count). The summed E-state index contributed by atoms with van der Waals surface area (Å²) in [6, 6.07) is 12.7. The van der Waals surface area contributed by atoms with E-state index in [4.69, 9.17) is 9.15 Å². The SMILES string of the molecule is O=C(COC(=O)c1cc2ccccc2[nH]1)NCc1ccco1. The van der Waals surface area contributed by atoms with Crippen LogP contribution in [-0.4, -0.2) is 23.5 Å². The summed E-state index contributed by atoms with van der Waals surface area (Å²) in [4.78, 5) is 26.5. The average molecular weight is 298 g/mol. The molecule has 0 fully saturated rings. The van der Waals surface area contributed by atoms with Crippen LogP contribution in [0.5, 0.6) is 0 Å². The number of hydrogen-bond acceptors (Lipinski definition) is 4. The number of benzene rings is 1. The molecule has 0 atom stereocenters. The summed E-state index contributed by atoms with van der Waals surface area (Å²) in [6.45, 7) is -0.0787. The van der Waals surface area contributed by atoms with E-state index in [9.17, 15) is 9.59 Å². The molecule has 6 nitrogen and oxygen atoms in total. The molecule has 2 aromatic heterocycles. The second-order valence-electron chi connectivity index (χ2n) is 4.70. The van der Waals surface area contributed by atoms with E-state index < -0.39 is 5.97 Å². The first kappa shape index (κ1) is 13.9. The fourth-order valence-corrected chi connectivity index (χ4v) is 2.04. The Balaban J connectivity index is 1.52. The maximum absolute atomic E-state index is 11.9. The third-order valence-corrected chi connectivity index (χ3v) is 3.12. The topological polar surface area (TPSA) is 84.3 Å². The van der Waals surface area contributed by atoms with Crippen LogP contribution in [0, 0.1) is 0 Å². The van der Waals surface area contributed by atoms with Gasteiger partial charge in [-0.15, -0.1) is 0 Å². The second-order valence-corrected chi connectivity index (χ2v) is 4.70. The molecule has 112 valence electrons. The van der Waals surface area contributed by atoms with Crippen molar-refractivity contribution in [2.24, 2.45) is 0 Å². The highest BCUT2D eigenvalue weighted by molar-refractivity contribution is 5.95. The van der Waals surface area contributed by atoms with Gasteiger partial charge in [-0.2, -0.15) is 0 Å². The number of amides is 1. The highest BCUT2D eigenvalue weighted by Crippen LogP contribution is 2.15. The van der Waals surface area contributed by atoms with Gasteiger partial charge >= 0.3 is 5.97 Å². The van der Waals surface area contributed by atoms with Crippen LogP contribution in [0.15, 0.2) is 53.1 Å². The van der Waals surface area contributed by atoms with Gasteiger partial charge in [-0.3, -0.25) is 4.79 Å². The molecular weight excluding hydrogens is 284 g/mol. The molecule has 6 heteroatoms. The highest BCUT2D eigenvalue weighted by atomic mass is 16.5. The summed E-state index contributed by atoms with van der Waals surface area (Å²) < 4.78 is 10.1. The summed E-state index contributed by atoms with van der Waals surface area (Å²) in [6.07, 6.45) is 1.53. The van der Waals surface area contributed by atoms with Crippen LogP contribution in [0.1, 0.15) is 16.2 Å². The Morgan fingerprint density at radius 1 is 1.18 bits per heavy atom. The van der Waals surface area contributed by atoms with Crippen molar-refractivity contribution >= 4 is 22.8 Å². The van der Waals surface area contributed by atoms with Crippen LogP contribution in [0.2, 0.25) is 0 Å². The first-order chi connectivity index (χ1) is 10.7. The zero-order valence-electron chi connectivity index (χ0n) is 11.7. The first-order valence-corrected chi connectivity index (χ1v) is 6.76. The number of carbonyl (C=O) groups is 2. The summed E-state index contributed by atoms with van der Waals surface area (Å²) in [5.41, 5.74) is 1.16. The number of hydrogen-bond donors (Lipinski definition) is 2. The lowest BCUT2D eigenvalue weighted by molar-refractivity contribution is -0.124. The molecule has 0 aliphatic rings. The van der Waals surface area contributed by atoms with Crippen molar-refractivity contribution in [3.8, 4) is 0 Å². The molecule has 0 unspecified atom stereocenters. The van der Waals surface area contributed by atoms with Crippen molar-refractivity contribution in [2.75, 3.05) is 6.61 Å². The molecule has 0 saturated carbocycles. The summed E-state index contributed by atoms with van der Waals surface area (Å²) in [5.74, 6) is -0.319. The van der Waals surface area contributed by atoms with Gasteiger partial charge in [0.2, 0.25) is 0 Å². The van der Waals surface area contributed by atoms with Crippen LogP contribution in [0.25, 0.3) is 10.9 Å². The fourth-order valence-electron chi connectivity index (χ4n) is 2.04. The van der Waals surface area contributed by atoms with Crippen molar-refractivity contribution < 1.29 is 18.7 Å². The summed E-state index contributed by atoms with van der Waals surface area (Å²) in [7, 11) is 0. The van der Waals surface area contributed by atoms with Gasteiger partial charge in [0.25, 0.3) is 5.91 Å². The van der Waals surface area contributed by atoms with Gasteiger partial charge in [0.05, 0.1) is 12.8 Å². The van der Waals surface area contributed by atoms with Crippen molar-refractivity contribution in [2.45, 2.75) is 6.54 Å². The minimum absolute atomic E-state index is 0.260. The van der Waals surface area contributed by atoms with Crippen LogP contribution < -0.4 is 5.32 Å². The monoisotopic (exact) mass is 298 g/mol. The number of fused-ring (bicyclic) bond motifs is 1. The maximum atomic E-state index is 11.9. The summed E-state index contributed by atoms with van der Waals surface area (Å²) in [5, 5.41) is 3.51. The van der Waals surface area contributed by atoms with Crippen molar-refractivity contribution in [3.05, 3.63) is 60.2 Å². The standard InChI is InChI=1S/C16H14N2O4/c19-15(17-9-12-5-3-7-21-12)10-22-16(20)14-8-11-4-1-2-6-13(11)18-14/h1-8,18H,9-10H2,(H,17,19). The number of rotatable bonds is 5. The highest BCUT2D eigenvalue weighted by Gasteiger charge is 2.12. The molecule has 0 aliphatic heterocycles. The van der Waals surface area contributed by atoms with E-state index in [0.29, 0.717) is 11.5 Å². The van der Waals surface area contributed by atoms with Gasteiger partial charge in [0, 0.05) is 10.9 Å². The molecule has 0 saturated heterocycles. The maximum Gasteiger partial charge on any atom is 0.355 e. The van der Waals surface area contributed by atoms with Crippen molar-refractivity contribution in [1.82, 2.24) is 10.3 Å². The van der Waals surface area contributed by atoms with E-state index in [-0.39, 0.29) is 19.1 Å². The lowest BCUT2D eigenvalue weighted by atomic mass is 10.2. The molecule has 3 aromatic rings. The van der Waals surface area contributed by atoms with E-state index in [2.05, 4.69) is 10.3 Å². The Morgan fingerprint density at radius 2 is 2.05 bits per heavy atom. The fraction of sp³-hybridized carbons (Fsp3) is 0.125. The van der Waals surface area contributed by atoms with E-state index >= 15 is 0 Å². The quantitative estimate of drug-likeness (QED) is 0.707. The van der Waals surface area contributed by atoms with Crippen molar-refractivity contribution in [3.63, 3.8) is 0 Å². The smallest absolute Gasteiger partial charge is 0.355 e. The molecule has 0 bridgehead atoms. The van der Waals surface area contributed by atoms with Crippen molar-refractivity contribution in [1.29, 1.82) is 0 Å². The predicted octanol–water partition coefficient (Wildman–Crippen LogP) is 2.23. The van der Waals surface area contributed by atoms with Gasteiger partial charge in [-0.05, 0) is 24.3 Å². The molecule has 1 aromatic carbocycles. The predicted molar refractivity (Wildman–Crippen MR) is 79.1 cm³/mol. The van der Waals surface area contributed by atoms with Gasteiger partial charge in [-0.25, -0.2) is 4.79 Å². The first-order valence-electron chi connectivity index (χ1n) is 6.76. The van der Waals surface area contributed by atoms with Gasteiger partial charge in [0.1, 0.15) is 11.5 Å². The lowest BCUT2D eigenvalue weighted by Crippen LogP contribution is -2.28. The number of para-hydroxylation sites is 1. The number of aromatic amines is 1. The van der Waals surface area contributed by atoms with Crippen LogP contribution in [0.4, 0.5) is 0 Å². The van der Waals surface area contributed by atoms with E-state index in [1.165, 1.54) is 6.26 Å². The number of carbonyl (C=O) groups excluding carboxylic acids is 2. The van der Waals surface area contributed by atoms with Gasteiger partial charge in [-0.1, -0.05) is 18.2 Å². The minimum Gasteiger partial charge on any atom is -0.467 e. The number of aromatic nitrogens is 1. The Kier molecular flexibility index (Phi) is 3.91. The van der Waals surface area contributed by atoms with Crippen LogP contribution >= 0.6 is 0 Å². The molecule has 0 spiro atoms. The number of furan rings is 1. The van der Waals surface area contributed by atoms with E-state index in [1.54, 1.807) is 18.2 Å². The Hall–Kier alpha value is -3.02. The molecule has 0 aliphatic carbocycles. The Bertz CT molecular complexity index is 756. The molecule has 22 heavy (non-hydrogen) atoms. The number of nitrogens with one attached hydrogen (secondary N) is 2. The second kappa shape index (κ2) is 6.17. The number of esters is 1. The zero-order valence-corrected chi connectivity index (χ0v) is 11.7. The number of ether oxygens (including phenoxy) is 1. The third kappa shape index (κ3) is 3.17. The van der Waals surface area contributed by atoms with Crippen LogP contribution in [-0.2, 0) is 16.1 Å². The Labute approximate surface area is 126 Å². The summed E-state index contributed by atoms with van der Waals surface area (Å²) >= 11 is 0. The van der Waals surface area contributed by atoms with E-state index in [1.807, 2.05) is 24.3 Å². The normalized spacial score (nSPS) is 10.5. The molecule has 1 amide bonds. The molecule has 2 N–H and O–H groups in total. The molecule has 2 heterocycles. The lowest BCUT2D eigenvalue weighted by Gasteiger charge is -2.04. The Morgan fingerprint density at radius 3 is 2.82 bits per heavy atom.